The summed E-state index contributed by atoms with van der Waals surface area (Å²) in [5, 5.41) is 9.03. The molecule has 0 saturated heterocycles. The first-order valence-electron chi connectivity index (χ1n) is 7.68. The van der Waals surface area contributed by atoms with Crippen LogP contribution in [0.15, 0.2) is 42.5 Å². The van der Waals surface area contributed by atoms with Gasteiger partial charge in [-0.25, -0.2) is 0 Å². The Balaban J connectivity index is 2.00. The fraction of sp³-hybridized carbons (Fsp3) is 0.222. The second-order valence-electron chi connectivity index (χ2n) is 5.29. The van der Waals surface area contributed by atoms with Crippen LogP contribution in [0, 0.1) is 0 Å². The molecule has 0 saturated carbocycles. The number of para-hydroxylation sites is 1. The molecule has 0 fully saturated rings. The van der Waals surface area contributed by atoms with Crippen molar-refractivity contribution in [1.82, 2.24) is 0 Å². The smallest absolute Gasteiger partial charge is 0.243 e. The third kappa shape index (κ3) is 4.99. The van der Waals surface area contributed by atoms with Crippen molar-refractivity contribution in [3.63, 3.8) is 0 Å². The van der Waals surface area contributed by atoms with E-state index in [1.54, 1.807) is 18.2 Å². The zero-order chi connectivity index (χ0) is 17.5. The van der Waals surface area contributed by atoms with Gasteiger partial charge in [0.2, 0.25) is 11.8 Å². The fourth-order valence-corrected chi connectivity index (χ4v) is 2.45. The summed E-state index contributed by atoms with van der Waals surface area (Å²) in [7, 11) is 0. The Morgan fingerprint density at radius 1 is 1.04 bits per heavy atom. The van der Waals surface area contributed by atoms with Crippen LogP contribution in [0.25, 0.3) is 0 Å². The van der Waals surface area contributed by atoms with Crippen LogP contribution in [-0.4, -0.2) is 18.4 Å². The zero-order valence-corrected chi connectivity index (χ0v) is 14.4. The summed E-state index contributed by atoms with van der Waals surface area (Å²) >= 11 is 6.12. The monoisotopic (exact) mass is 345 g/mol. The summed E-state index contributed by atoms with van der Waals surface area (Å²) in [6.45, 7) is 3.54. The van der Waals surface area contributed by atoms with Crippen molar-refractivity contribution in [2.24, 2.45) is 0 Å². The van der Waals surface area contributed by atoms with E-state index in [4.69, 9.17) is 11.6 Å². The van der Waals surface area contributed by atoms with Gasteiger partial charge in [0, 0.05) is 18.3 Å². The van der Waals surface area contributed by atoms with Gasteiger partial charge >= 0.3 is 0 Å². The van der Waals surface area contributed by atoms with Gasteiger partial charge in [0.15, 0.2) is 0 Å². The predicted molar refractivity (Wildman–Crippen MR) is 98.7 cm³/mol. The Hall–Kier alpha value is -2.53. The van der Waals surface area contributed by atoms with Gasteiger partial charge in [-0.15, -0.1) is 0 Å². The molecule has 24 heavy (non-hydrogen) atoms. The maximum atomic E-state index is 12.1. The molecule has 0 aliphatic heterocycles. The normalized spacial score (nSPS) is 10.1. The van der Waals surface area contributed by atoms with Crippen LogP contribution in [-0.2, 0) is 16.0 Å². The van der Waals surface area contributed by atoms with E-state index >= 15 is 0 Å². The van der Waals surface area contributed by atoms with E-state index in [-0.39, 0.29) is 18.4 Å². The lowest BCUT2D eigenvalue weighted by Gasteiger charge is -2.12. The van der Waals surface area contributed by atoms with Crippen molar-refractivity contribution >= 4 is 40.5 Å². The largest absolute Gasteiger partial charge is 0.375 e. The van der Waals surface area contributed by atoms with Gasteiger partial charge in [-0.1, -0.05) is 36.7 Å². The van der Waals surface area contributed by atoms with E-state index < -0.39 is 0 Å². The van der Waals surface area contributed by atoms with Crippen LogP contribution in [0.1, 0.15) is 19.4 Å². The molecule has 0 aromatic heterocycles. The van der Waals surface area contributed by atoms with Gasteiger partial charge in [0.05, 0.1) is 17.3 Å². The lowest BCUT2D eigenvalue weighted by Crippen LogP contribution is -2.22. The number of nitrogens with one attached hydrogen (secondary N) is 3. The average Bonchev–Trinajstić information content (AvgIpc) is 2.55. The highest BCUT2D eigenvalue weighted by atomic mass is 35.5. The first-order valence-corrected chi connectivity index (χ1v) is 8.06. The molecule has 0 unspecified atom stereocenters. The Morgan fingerprint density at radius 3 is 2.50 bits per heavy atom. The van der Waals surface area contributed by atoms with Gasteiger partial charge in [0.25, 0.3) is 0 Å². The summed E-state index contributed by atoms with van der Waals surface area (Å²) < 4.78 is 0. The number of hydrogen-bond donors (Lipinski definition) is 3. The molecule has 0 bridgehead atoms. The molecule has 0 atom stereocenters. The number of amides is 2. The van der Waals surface area contributed by atoms with Gasteiger partial charge < -0.3 is 16.0 Å². The summed E-state index contributed by atoms with van der Waals surface area (Å²) in [5.41, 5.74) is 3.09. The van der Waals surface area contributed by atoms with Gasteiger partial charge in [-0.3, -0.25) is 9.59 Å². The lowest BCUT2D eigenvalue weighted by atomic mass is 10.1. The maximum Gasteiger partial charge on any atom is 0.243 e. The van der Waals surface area contributed by atoms with Crippen molar-refractivity contribution in [1.29, 1.82) is 0 Å². The van der Waals surface area contributed by atoms with Gasteiger partial charge in [-0.2, -0.15) is 0 Å². The number of benzene rings is 2. The van der Waals surface area contributed by atoms with Crippen LogP contribution in [0.2, 0.25) is 5.02 Å². The van der Waals surface area contributed by atoms with Crippen molar-refractivity contribution in [3.8, 4) is 0 Å². The maximum absolute atomic E-state index is 12.1. The van der Waals surface area contributed by atoms with E-state index in [0.29, 0.717) is 16.4 Å². The first kappa shape index (κ1) is 17.8. The van der Waals surface area contributed by atoms with Crippen LogP contribution in [0.5, 0.6) is 0 Å². The highest BCUT2D eigenvalue weighted by molar-refractivity contribution is 6.33. The van der Waals surface area contributed by atoms with Crippen LogP contribution >= 0.6 is 11.6 Å². The molecule has 2 aromatic carbocycles. The third-order valence-corrected chi connectivity index (χ3v) is 3.73. The second kappa shape index (κ2) is 8.36. The van der Waals surface area contributed by atoms with E-state index in [1.807, 2.05) is 31.2 Å². The molecule has 0 aliphatic carbocycles. The minimum Gasteiger partial charge on any atom is -0.375 e. The fourth-order valence-electron chi connectivity index (χ4n) is 2.26. The van der Waals surface area contributed by atoms with E-state index in [9.17, 15) is 9.59 Å². The van der Waals surface area contributed by atoms with E-state index in [2.05, 4.69) is 16.0 Å². The number of rotatable bonds is 6. The molecule has 6 heteroatoms. The van der Waals surface area contributed by atoms with Crippen molar-refractivity contribution in [3.05, 3.63) is 53.1 Å². The van der Waals surface area contributed by atoms with Crippen LogP contribution in [0.4, 0.5) is 17.1 Å². The Kier molecular flexibility index (Phi) is 6.21. The Labute approximate surface area is 146 Å². The number of halogens is 1. The molecule has 0 spiro atoms. The average molecular weight is 346 g/mol. The highest BCUT2D eigenvalue weighted by Crippen LogP contribution is 2.25. The highest BCUT2D eigenvalue weighted by Gasteiger charge is 2.08. The predicted octanol–water partition coefficient (Wildman–Crippen LogP) is 3.91. The molecule has 2 rings (SSSR count). The summed E-state index contributed by atoms with van der Waals surface area (Å²) in [6, 6.07) is 12.7. The van der Waals surface area contributed by atoms with E-state index in [1.165, 1.54) is 6.92 Å². The second-order valence-corrected chi connectivity index (χ2v) is 5.70. The Bertz CT molecular complexity index is 747. The summed E-state index contributed by atoms with van der Waals surface area (Å²) in [6.07, 6.45) is 0.842. The topological polar surface area (TPSA) is 70.2 Å². The molecule has 0 heterocycles. The number of carbonyl (C=O) groups excluding carboxylic acids is 2. The molecule has 5 nitrogen and oxygen atoms in total. The lowest BCUT2D eigenvalue weighted by molar-refractivity contribution is -0.115. The molecular formula is C18H20ClN3O2. The zero-order valence-electron chi connectivity index (χ0n) is 13.7. The number of hydrogen-bond acceptors (Lipinski definition) is 3. The number of anilines is 3. The van der Waals surface area contributed by atoms with Gasteiger partial charge in [0.1, 0.15) is 0 Å². The van der Waals surface area contributed by atoms with Crippen molar-refractivity contribution in [2.45, 2.75) is 20.3 Å². The Morgan fingerprint density at radius 2 is 1.79 bits per heavy atom. The molecule has 2 amide bonds. The quantitative estimate of drug-likeness (QED) is 0.743. The van der Waals surface area contributed by atoms with Gasteiger partial charge in [-0.05, 0) is 36.2 Å². The minimum absolute atomic E-state index is 0.0707. The molecule has 0 radical (unpaired) electrons. The molecular weight excluding hydrogens is 326 g/mol. The van der Waals surface area contributed by atoms with Crippen LogP contribution < -0.4 is 16.0 Å². The minimum atomic E-state index is -0.170. The molecule has 2 aromatic rings. The van der Waals surface area contributed by atoms with E-state index in [0.717, 1.165) is 17.7 Å². The van der Waals surface area contributed by atoms with Crippen LogP contribution in [0.3, 0.4) is 0 Å². The van der Waals surface area contributed by atoms with Crippen molar-refractivity contribution < 1.29 is 9.59 Å². The third-order valence-electron chi connectivity index (χ3n) is 3.40. The molecule has 0 aliphatic rings. The SMILES string of the molecule is CCc1ccccc1NC(=O)CNc1cc(NC(C)=O)ccc1Cl. The standard InChI is InChI=1S/C18H20ClN3O2/c1-3-13-6-4-5-7-16(13)22-18(24)11-20-17-10-14(21-12(2)23)8-9-15(17)19/h4-10,20H,3,11H2,1-2H3,(H,21,23)(H,22,24). The number of carbonyl (C=O) groups is 2. The summed E-state index contributed by atoms with van der Waals surface area (Å²) in [5.74, 6) is -0.339. The molecule has 126 valence electrons. The number of aryl methyl sites for hydroxylation is 1. The summed E-state index contributed by atoms with van der Waals surface area (Å²) in [4.78, 5) is 23.3. The van der Waals surface area contributed by atoms with Crippen molar-refractivity contribution in [2.75, 3.05) is 22.5 Å². The first-order chi connectivity index (χ1) is 11.5. The molecule has 3 N–H and O–H groups in total.